The molecule has 2 aromatic rings. The maximum absolute atomic E-state index is 12.9. The van der Waals surface area contributed by atoms with Crippen LogP contribution in [0.2, 0.25) is 0 Å². The lowest BCUT2D eigenvalue weighted by atomic mass is 9.99. The Morgan fingerprint density at radius 1 is 1.11 bits per heavy atom. The van der Waals surface area contributed by atoms with Crippen LogP contribution in [0.3, 0.4) is 0 Å². The topological polar surface area (TPSA) is 76.2 Å². The van der Waals surface area contributed by atoms with Crippen molar-refractivity contribution in [3.05, 3.63) is 53.6 Å². The molecule has 2 aliphatic rings. The molecule has 2 amide bonds. The zero-order valence-corrected chi connectivity index (χ0v) is 20.6. The number of ketones is 1. The minimum absolute atomic E-state index is 0.0465. The van der Waals surface area contributed by atoms with Crippen molar-refractivity contribution >= 4 is 23.3 Å². The molecule has 0 saturated carbocycles. The lowest BCUT2D eigenvalue weighted by molar-refractivity contribution is -0.132. The first-order valence-corrected chi connectivity index (χ1v) is 12.5. The molecule has 35 heavy (non-hydrogen) atoms. The SMILES string of the molecule is CCc1ccccc1OCC(=O)c1ccc2c(c1)N(CCCC(=O)N1CCC(C)CC1)C(=O)CO2. The Kier molecular flexibility index (Phi) is 8.06. The van der Waals surface area contributed by atoms with Crippen LogP contribution in [-0.2, 0) is 16.0 Å². The van der Waals surface area contributed by atoms with Crippen molar-refractivity contribution in [1.82, 2.24) is 4.90 Å². The van der Waals surface area contributed by atoms with E-state index in [9.17, 15) is 14.4 Å². The molecule has 0 radical (unpaired) electrons. The van der Waals surface area contributed by atoms with E-state index in [2.05, 4.69) is 6.92 Å². The van der Waals surface area contributed by atoms with Gasteiger partial charge in [0.2, 0.25) is 5.91 Å². The van der Waals surface area contributed by atoms with Gasteiger partial charge in [0.05, 0.1) is 5.69 Å². The minimum Gasteiger partial charge on any atom is -0.485 e. The van der Waals surface area contributed by atoms with Gasteiger partial charge in [-0.2, -0.15) is 0 Å². The van der Waals surface area contributed by atoms with Crippen LogP contribution in [0.1, 0.15) is 55.5 Å². The molecule has 0 spiro atoms. The summed E-state index contributed by atoms with van der Waals surface area (Å²) in [7, 11) is 0. The molecule has 7 heteroatoms. The summed E-state index contributed by atoms with van der Waals surface area (Å²) in [5.41, 5.74) is 2.07. The summed E-state index contributed by atoms with van der Waals surface area (Å²) >= 11 is 0. The summed E-state index contributed by atoms with van der Waals surface area (Å²) in [6.07, 6.45) is 3.87. The second-order valence-corrected chi connectivity index (χ2v) is 9.36. The number of piperidine rings is 1. The predicted octanol–water partition coefficient (Wildman–Crippen LogP) is 4.27. The number of para-hydroxylation sites is 1. The third-order valence-corrected chi connectivity index (χ3v) is 6.84. The molecular formula is C28H34N2O5. The number of anilines is 1. The molecule has 2 aliphatic heterocycles. The fraction of sp³-hybridized carbons (Fsp3) is 0.464. The fourth-order valence-electron chi connectivity index (χ4n) is 4.59. The first-order chi connectivity index (χ1) is 17.0. The van der Waals surface area contributed by atoms with Crippen LogP contribution < -0.4 is 14.4 Å². The molecule has 1 saturated heterocycles. The second-order valence-electron chi connectivity index (χ2n) is 9.36. The van der Waals surface area contributed by atoms with Crippen LogP contribution in [0.25, 0.3) is 0 Å². The minimum atomic E-state index is -0.175. The summed E-state index contributed by atoms with van der Waals surface area (Å²) in [4.78, 5) is 41.7. The standard InChI is InChI=1S/C28H34N2O5/c1-3-21-7-4-5-8-25(21)34-18-24(31)22-10-11-26-23(17-22)30(28(33)19-35-26)14-6-9-27(32)29-15-12-20(2)13-16-29/h4-5,7-8,10-11,17,20H,3,6,9,12-16,18-19H2,1-2H3. The van der Waals surface area contributed by atoms with Crippen LogP contribution in [0.5, 0.6) is 11.5 Å². The highest BCUT2D eigenvalue weighted by Gasteiger charge is 2.27. The lowest BCUT2D eigenvalue weighted by Gasteiger charge is -2.31. The van der Waals surface area contributed by atoms with Gasteiger partial charge in [0.1, 0.15) is 11.5 Å². The van der Waals surface area contributed by atoms with E-state index in [1.165, 1.54) is 0 Å². The van der Waals surface area contributed by atoms with Gasteiger partial charge >= 0.3 is 0 Å². The molecule has 2 heterocycles. The van der Waals surface area contributed by atoms with E-state index < -0.39 is 0 Å². The van der Waals surface area contributed by atoms with E-state index in [0.717, 1.165) is 37.9 Å². The number of rotatable bonds is 9. The third kappa shape index (κ3) is 6.02. The monoisotopic (exact) mass is 478 g/mol. The van der Waals surface area contributed by atoms with Gasteiger partial charge in [-0.3, -0.25) is 14.4 Å². The lowest BCUT2D eigenvalue weighted by Crippen LogP contribution is -2.41. The predicted molar refractivity (Wildman–Crippen MR) is 134 cm³/mol. The number of fused-ring (bicyclic) bond motifs is 1. The van der Waals surface area contributed by atoms with Gasteiger partial charge in [-0.15, -0.1) is 0 Å². The highest BCUT2D eigenvalue weighted by atomic mass is 16.5. The molecule has 0 bridgehead atoms. The first-order valence-electron chi connectivity index (χ1n) is 12.5. The Balaban J connectivity index is 1.38. The van der Waals surface area contributed by atoms with E-state index in [-0.39, 0.29) is 30.8 Å². The summed E-state index contributed by atoms with van der Waals surface area (Å²) in [5, 5.41) is 0. The van der Waals surface area contributed by atoms with Gasteiger partial charge in [-0.25, -0.2) is 0 Å². The summed E-state index contributed by atoms with van der Waals surface area (Å²) < 4.78 is 11.4. The highest BCUT2D eigenvalue weighted by Crippen LogP contribution is 2.33. The third-order valence-electron chi connectivity index (χ3n) is 6.84. The first kappa shape index (κ1) is 24.8. The van der Waals surface area contributed by atoms with Gasteiger partial charge in [0, 0.05) is 31.6 Å². The normalized spacial score (nSPS) is 16.0. The number of Topliss-reactive ketones (excluding diaryl/α,β-unsaturated/α-hetero) is 1. The molecule has 4 rings (SSSR count). The van der Waals surface area contributed by atoms with Crippen LogP contribution in [0.4, 0.5) is 5.69 Å². The molecule has 0 atom stereocenters. The molecule has 1 fully saturated rings. The van der Waals surface area contributed by atoms with Crippen LogP contribution in [0.15, 0.2) is 42.5 Å². The number of amides is 2. The van der Waals surface area contributed by atoms with Crippen molar-refractivity contribution in [3.63, 3.8) is 0 Å². The number of carbonyl (C=O) groups is 3. The van der Waals surface area contributed by atoms with Crippen molar-refractivity contribution < 1.29 is 23.9 Å². The van der Waals surface area contributed by atoms with E-state index >= 15 is 0 Å². The number of likely N-dealkylation sites (tertiary alicyclic amines) is 1. The molecular weight excluding hydrogens is 444 g/mol. The second kappa shape index (κ2) is 11.4. The van der Waals surface area contributed by atoms with Crippen molar-refractivity contribution in [2.75, 3.05) is 37.7 Å². The number of hydrogen-bond donors (Lipinski definition) is 0. The van der Waals surface area contributed by atoms with Gasteiger partial charge in [-0.05, 0) is 61.4 Å². The Morgan fingerprint density at radius 3 is 2.66 bits per heavy atom. The largest absolute Gasteiger partial charge is 0.485 e. The molecule has 0 aliphatic carbocycles. The van der Waals surface area contributed by atoms with Crippen LogP contribution >= 0.6 is 0 Å². The maximum Gasteiger partial charge on any atom is 0.265 e. The summed E-state index contributed by atoms with van der Waals surface area (Å²) in [6, 6.07) is 12.8. The average Bonchev–Trinajstić information content (AvgIpc) is 2.88. The van der Waals surface area contributed by atoms with Crippen LogP contribution in [0, 0.1) is 5.92 Å². The smallest absolute Gasteiger partial charge is 0.265 e. The van der Waals surface area contributed by atoms with Gasteiger partial charge in [0.25, 0.3) is 5.91 Å². The van der Waals surface area contributed by atoms with E-state index in [0.29, 0.717) is 48.1 Å². The van der Waals surface area contributed by atoms with Gasteiger partial charge in [0.15, 0.2) is 19.0 Å². The Labute approximate surface area is 207 Å². The summed E-state index contributed by atoms with van der Waals surface area (Å²) in [6.45, 7) is 6.16. The van der Waals surface area contributed by atoms with Gasteiger partial charge in [-0.1, -0.05) is 32.0 Å². The van der Waals surface area contributed by atoms with Crippen molar-refractivity contribution in [1.29, 1.82) is 0 Å². The molecule has 2 aromatic carbocycles. The fourth-order valence-corrected chi connectivity index (χ4v) is 4.59. The number of hydrogen-bond acceptors (Lipinski definition) is 5. The molecule has 0 unspecified atom stereocenters. The van der Waals surface area contributed by atoms with Crippen LogP contribution in [-0.4, -0.2) is 55.3 Å². The number of carbonyl (C=O) groups excluding carboxylic acids is 3. The Bertz CT molecular complexity index is 1070. The maximum atomic E-state index is 12.9. The molecule has 0 aromatic heterocycles. The number of benzene rings is 2. The van der Waals surface area contributed by atoms with E-state index in [1.54, 1.807) is 23.1 Å². The molecule has 0 N–H and O–H groups in total. The van der Waals surface area contributed by atoms with Crippen molar-refractivity contribution in [2.24, 2.45) is 5.92 Å². The highest BCUT2D eigenvalue weighted by molar-refractivity contribution is 6.02. The molecule has 186 valence electrons. The van der Waals surface area contributed by atoms with E-state index in [4.69, 9.17) is 9.47 Å². The Hall–Kier alpha value is -3.35. The number of nitrogens with zero attached hydrogens (tertiary/aromatic N) is 2. The zero-order chi connectivity index (χ0) is 24.8. The number of aryl methyl sites for hydroxylation is 1. The zero-order valence-electron chi connectivity index (χ0n) is 20.6. The van der Waals surface area contributed by atoms with E-state index in [1.807, 2.05) is 36.1 Å². The Morgan fingerprint density at radius 2 is 1.89 bits per heavy atom. The molecule has 7 nitrogen and oxygen atoms in total. The number of ether oxygens (including phenoxy) is 2. The average molecular weight is 479 g/mol. The van der Waals surface area contributed by atoms with Gasteiger partial charge < -0.3 is 19.3 Å². The van der Waals surface area contributed by atoms with Crippen molar-refractivity contribution in [3.8, 4) is 11.5 Å². The summed E-state index contributed by atoms with van der Waals surface area (Å²) in [5.74, 6) is 1.74. The quantitative estimate of drug-likeness (QED) is 0.503. The van der Waals surface area contributed by atoms with Crippen molar-refractivity contribution in [2.45, 2.75) is 46.0 Å².